The Labute approximate surface area is 107 Å². The molecule has 0 bridgehead atoms. The fourth-order valence-electron chi connectivity index (χ4n) is 1.62. The summed E-state index contributed by atoms with van der Waals surface area (Å²) >= 11 is 0. The van der Waals surface area contributed by atoms with Crippen LogP contribution in [0.1, 0.15) is 32.0 Å². The minimum absolute atomic E-state index is 0.0155. The molecule has 108 valence electrons. The third-order valence-corrected chi connectivity index (χ3v) is 2.43. The molecule has 0 amide bonds. The Morgan fingerprint density at radius 2 is 2.05 bits per heavy atom. The van der Waals surface area contributed by atoms with Gasteiger partial charge in [-0.15, -0.1) is 0 Å². The Kier molecular flexibility index (Phi) is 4.38. The van der Waals surface area contributed by atoms with E-state index < -0.39 is 24.1 Å². The summed E-state index contributed by atoms with van der Waals surface area (Å²) in [5.74, 6) is 0.0155. The molecule has 0 atom stereocenters. The molecule has 1 heterocycles. The zero-order valence-electron chi connectivity index (χ0n) is 10.8. The summed E-state index contributed by atoms with van der Waals surface area (Å²) in [6, 6.07) is -0.194. The number of anilines is 1. The highest BCUT2D eigenvalue weighted by Gasteiger charge is 2.29. The van der Waals surface area contributed by atoms with Crippen LogP contribution in [0.5, 0.6) is 0 Å². The van der Waals surface area contributed by atoms with Gasteiger partial charge in [-0.05, 0) is 20.8 Å². The van der Waals surface area contributed by atoms with Crippen molar-refractivity contribution in [3.63, 3.8) is 0 Å². The van der Waals surface area contributed by atoms with Crippen LogP contribution >= 0.6 is 0 Å². The van der Waals surface area contributed by atoms with Crippen LogP contribution < -0.4 is 5.32 Å². The largest absolute Gasteiger partial charge is 0.390 e. The van der Waals surface area contributed by atoms with Crippen molar-refractivity contribution in [1.82, 2.24) is 9.78 Å². The predicted octanol–water partition coefficient (Wildman–Crippen LogP) is 3.04. The van der Waals surface area contributed by atoms with E-state index in [1.165, 1.54) is 11.6 Å². The molecule has 0 radical (unpaired) electrons. The van der Waals surface area contributed by atoms with Crippen LogP contribution in [0.2, 0.25) is 0 Å². The van der Waals surface area contributed by atoms with Crippen molar-refractivity contribution in [3.05, 3.63) is 15.8 Å². The molecule has 0 saturated heterocycles. The summed E-state index contributed by atoms with van der Waals surface area (Å²) in [5, 5.41) is 17.4. The number of rotatable bonds is 5. The van der Waals surface area contributed by atoms with Gasteiger partial charge in [-0.3, -0.25) is 10.1 Å². The van der Waals surface area contributed by atoms with Gasteiger partial charge in [0.25, 0.3) is 0 Å². The van der Waals surface area contributed by atoms with Gasteiger partial charge in [0.05, 0.1) is 11.3 Å². The van der Waals surface area contributed by atoms with Crippen LogP contribution in [0.4, 0.5) is 24.7 Å². The van der Waals surface area contributed by atoms with Gasteiger partial charge < -0.3 is 5.32 Å². The number of aryl methyl sites for hydroxylation is 1. The SMILES string of the molecule is Cc1nn(C(C)C)c(NCCC(F)(F)F)c1[N+](=O)[O-]. The Morgan fingerprint density at radius 1 is 1.47 bits per heavy atom. The van der Waals surface area contributed by atoms with Crippen molar-refractivity contribution in [1.29, 1.82) is 0 Å². The molecule has 9 heteroatoms. The molecule has 1 aromatic heterocycles. The first kappa shape index (κ1) is 15.3. The standard InChI is InChI=1S/C10H15F3N4O2/c1-6(2)16-9(14-5-4-10(11,12)13)8(17(18)19)7(3)15-16/h6,14H,4-5H2,1-3H3. The van der Waals surface area contributed by atoms with E-state index in [1.54, 1.807) is 13.8 Å². The Morgan fingerprint density at radius 3 is 2.47 bits per heavy atom. The second-order valence-electron chi connectivity index (χ2n) is 4.37. The predicted molar refractivity (Wildman–Crippen MR) is 63.2 cm³/mol. The highest BCUT2D eigenvalue weighted by molar-refractivity contribution is 5.59. The van der Waals surface area contributed by atoms with Crippen molar-refractivity contribution >= 4 is 11.5 Å². The summed E-state index contributed by atoms with van der Waals surface area (Å²) in [6.07, 6.45) is -5.37. The Balaban J connectivity index is 2.99. The zero-order chi connectivity index (χ0) is 14.8. The lowest BCUT2D eigenvalue weighted by Crippen LogP contribution is -2.17. The van der Waals surface area contributed by atoms with Crippen molar-refractivity contribution in [3.8, 4) is 0 Å². The molecule has 1 aromatic rings. The normalized spacial score (nSPS) is 11.9. The maximum Gasteiger partial charge on any atom is 0.390 e. The number of nitro groups is 1. The van der Waals surface area contributed by atoms with Gasteiger partial charge in [0.15, 0.2) is 0 Å². The minimum Gasteiger partial charge on any atom is -0.364 e. The highest BCUT2D eigenvalue weighted by atomic mass is 19.4. The third-order valence-electron chi connectivity index (χ3n) is 2.43. The first-order valence-corrected chi connectivity index (χ1v) is 5.67. The number of alkyl halides is 3. The van der Waals surface area contributed by atoms with E-state index in [2.05, 4.69) is 10.4 Å². The second-order valence-corrected chi connectivity index (χ2v) is 4.37. The van der Waals surface area contributed by atoms with Crippen molar-refractivity contribution in [2.45, 2.75) is 39.4 Å². The van der Waals surface area contributed by atoms with E-state index in [0.29, 0.717) is 0 Å². The minimum atomic E-state index is -4.31. The number of halogens is 3. The average Bonchev–Trinajstić information content (AvgIpc) is 2.53. The van der Waals surface area contributed by atoms with Crippen LogP contribution in [0, 0.1) is 17.0 Å². The van der Waals surface area contributed by atoms with E-state index in [4.69, 9.17) is 0 Å². The van der Waals surface area contributed by atoms with Crippen LogP contribution in [0.15, 0.2) is 0 Å². The van der Waals surface area contributed by atoms with Crippen LogP contribution in [0.25, 0.3) is 0 Å². The van der Waals surface area contributed by atoms with Crippen molar-refractivity contribution in [2.75, 3.05) is 11.9 Å². The summed E-state index contributed by atoms with van der Waals surface area (Å²) in [6.45, 7) is 4.50. The number of nitrogens with one attached hydrogen (secondary N) is 1. The van der Waals surface area contributed by atoms with E-state index in [0.717, 1.165) is 0 Å². The van der Waals surface area contributed by atoms with Gasteiger partial charge in [-0.1, -0.05) is 0 Å². The zero-order valence-corrected chi connectivity index (χ0v) is 10.8. The maximum atomic E-state index is 12.1. The van der Waals surface area contributed by atoms with Gasteiger partial charge in [0, 0.05) is 12.6 Å². The van der Waals surface area contributed by atoms with E-state index in [-0.39, 0.29) is 23.2 Å². The molecular formula is C10H15F3N4O2. The van der Waals surface area contributed by atoms with Gasteiger partial charge >= 0.3 is 11.9 Å². The lowest BCUT2D eigenvalue weighted by molar-refractivity contribution is -0.384. The molecular weight excluding hydrogens is 265 g/mol. The molecule has 0 spiro atoms. The van der Waals surface area contributed by atoms with Gasteiger partial charge in [-0.2, -0.15) is 18.3 Å². The molecule has 0 aromatic carbocycles. The van der Waals surface area contributed by atoms with E-state index in [1.807, 2.05) is 0 Å². The van der Waals surface area contributed by atoms with Crippen LogP contribution in [0.3, 0.4) is 0 Å². The lowest BCUT2D eigenvalue weighted by atomic mass is 10.3. The average molecular weight is 280 g/mol. The van der Waals surface area contributed by atoms with Gasteiger partial charge in [-0.25, -0.2) is 4.68 Å². The highest BCUT2D eigenvalue weighted by Crippen LogP contribution is 2.31. The Hall–Kier alpha value is -1.80. The second kappa shape index (κ2) is 5.45. The fourth-order valence-corrected chi connectivity index (χ4v) is 1.62. The Bertz CT molecular complexity index is 468. The number of hydrogen-bond acceptors (Lipinski definition) is 4. The van der Waals surface area contributed by atoms with E-state index >= 15 is 0 Å². The number of nitrogens with zero attached hydrogens (tertiary/aromatic N) is 3. The topological polar surface area (TPSA) is 73.0 Å². The fraction of sp³-hybridized carbons (Fsp3) is 0.700. The molecule has 1 rings (SSSR count). The van der Waals surface area contributed by atoms with Crippen molar-refractivity contribution in [2.24, 2.45) is 0 Å². The molecule has 0 aliphatic heterocycles. The number of hydrogen-bond donors (Lipinski definition) is 1. The van der Waals surface area contributed by atoms with Crippen molar-refractivity contribution < 1.29 is 18.1 Å². The smallest absolute Gasteiger partial charge is 0.364 e. The summed E-state index contributed by atoms with van der Waals surface area (Å²) in [7, 11) is 0. The van der Waals surface area contributed by atoms with Crippen LogP contribution in [-0.4, -0.2) is 27.4 Å². The summed E-state index contributed by atoms with van der Waals surface area (Å²) in [5.41, 5.74) is -0.107. The molecule has 0 unspecified atom stereocenters. The lowest BCUT2D eigenvalue weighted by Gasteiger charge is -2.12. The monoisotopic (exact) mass is 280 g/mol. The van der Waals surface area contributed by atoms with Crippen LogP contribution in [-0.2, 0) is 0 Å². The molecule has 0 saturated carbocycles. The quantitative estimate of drug-likeness (QED) is 0.664. The molecule has 0 aliphatic carbocycles. The molecule has 0 fully saturated rings. The molecule has 6 nitrogen and oxygen atoms in total. The maximum absolute atomic E-state index is 12.1. The van der Waals surface area contributed by atoms with Gasteiger partial charge in [0.1, 0.15) is 5.69 Å². The van der Waals surface area contributed by atoms with E-state index in [9.17, 15) is 23.3 Å². The molecule has 0 aliphatic rings. The molecule has 19 heavy (non-hydrogen) atoms. The third kappa shape index (κ3) is 3.83. The molecule has 1 N–H and O–H groups in total. The van der Waals surface area contributed by atoms with Gasteiger partial charge in [0.2, 0.25) is 5.82 Å². The number of aromatic nitrogens is 2. The summed E-state index contributed by atoms with van der Waals surface area (Å²) in [4.78, 5) is 10.3. The summed E-state index contributed by atoms with van der Waals surface area (Å²) < 4.78 is 37.6. The first-order chi connectivity index (χ1) is 8.63. The first-order valence-electron chi connectivity index (χ1n) is 5.67.